The van der Waals surface area contributed by atoms with Gasteiger partial charge in [-0.1, -0.05) is 0 Å². The van der Waals surface area contributed by atoms with E-state index in [1.165, 1.54) is 17.5 Å². The number of aryl methyl sites for hydroxylation is 1. The van der Waals surface area contributed by atoms with Crippen LogP contribution in [0.1, 0.15) is 44.1 Å². The molecule has 2 heterocycles. The average Bonchev–Trinajstić information content (AvgIpc) is 3.01. The first-order chi connectivity index (χ1) is 10.1. The monoisotopic (exact) mass is 306 g/mol. The predicted octanol–water partition coefficient (Wildman–Crippen LogP) is 0.994. The van der Waals surface area contributed by atoms with Gasteiger partial charge in [0.1, 0.15) is 10.7 Å². The number of thiophene rings is 1. The first-order valence-electron chi connectivity index (χ1n) is 6.59. The summed E-state index contributed by atoms with van der Waals surface area (Å²) in [6.07, 6.45) is 5.08. The number of carbonyl (C=O) groups is 2. The highest BCUT2D eigenvalue weighted by molar-refractivity contribution is 7.17. The van der Waals surface area contributed by atoms with Crippen LogP contribution in [0.5, 0.6) is 0 Å². The molecule has 0 aliphatic heterocycles. The fourth-order valence-corrected chi connectivity index (χ4v) is 3.83. The van der Waals surface area contributed by atoms with Gasteiger partial charge in [0.2, 0.25) is 0 Å². The number of aromatic amines is 2. The van der Waals surface area contributed by atoms with E-state index in [-0.39, 0.29) is 5.69 Å². The number of fused-ring (bicyclic) bond motifs is 1. The Morgan fingerprint density at radius 3 is 2.71 bits per heavy atom. The highest BCUT2D eigenvalue weighted by Gasteiger charge is 2.25. The Hall–Kier alpha value is -2.35. The van der Waals surface area contributed by atoms with Crippen molar-refractivity contribution in [3.8, 4) is 0 Å². The van der Waals surface area contributed by atoms with Crippen LogP contribution in [-0.4, -0.2) is 21.8 Å². The predicted molar refractivity (Wildman–Crippen MR) is 78.8 cm³/mol. The van der Waals surface area contributed by atoms with Gasteiger partial charge < -0.3 is 21.0 Å². The molecule has 0 fully saturated rings. The SMILES string of the molecule is NC(=O)c1c(NC(=O)c2c[nH]c(=O)[nH]2)sc2c1CCCC2. The Morgan fingerprint density at radius 1 is 1.29 bits per heavy atom. The molecule has 1 aliphatic carbocycles. The standard InChI is InChI=1S/C13H14N4O3S/c14-10(18)9-6-3-1-2-4-8(6)21-12(9)17-11(19)7-5-15-13(20)16-7/h5H,1-4H2,(H2,14,18)(H,17,19)(H2,15,16,20). The number of hydrogen-bond donors (Lipinski definition) is 4. The van der Waals surface area contributed by atoms with Crippen molar-refractivity contribution in [3.05, 3.63) is 38.4 Å². The van der Waals surface area contributed by atoms with E-state index < -0.39 is 17.5 Å². The summed E-state index contributed by atoms with van der Waals surface area (Å²) in [5.41, 5.74) is 6.47. The van der Waals surface area contributed by atoms with E-state index in [1.807, 2.05) is 0 Å². The number of nitrogens with two attached hydrogens (primary N) is 1. The molecule has 0 saturated carbocycles. The zero-order valence-corrected chi connectivity index (χ0v) is 11.9. The van der Waals surface area contributed by atoms with Crippen molar-refractivity contribution in [1.29, 1.82) is 0 Å². The van der Waals surface area contributed by atoms with Gasteiger partial charge in [-0.15, -0.1) is 11.3 Å². The summed E-state index contributed by atoms with van der Waals surface area (Å²) in [6.45, 7) is 0. The summed E-state index contributed by atoms with van der Waals surface area (Å²) < 4.78 is 0. The number of amides is 2. The first-order valence-corrected chi connectivity index (χ1v) is 7.41. The summed E-state index contributed by atoms with van der Waals surface area (Å²) in [5, 5.41) is 3.13. The van der Waals surface area contributed by atoms with Crippen LogP contribution in [0.25, 0.3) is 0 Å². The van der Waals surface area contributed by atoms with E-state index in [2.05, 4.69) is 15.3 Å². The first kappa shape index (κ1) is 13.6. The molecule has 21 heavy (non-hydrogen) atoms. The molecule has 7 nitrogen and oxygen atoms in total. The lowest BCUT2D eigenvalue weighted by atomic mass is 9.95. The molecule has 2 amide bonds. The summed E-state index contributed by atoms with van der Waals surface area (Å²) >= 11 is 1.39. The maximum atomic E-state index is 12.1. The zero-order valence-electron chi connectivity index (χ0n) is 11.1. The van der Waals surface area contributed by atoms with E-state index in [0.29, 0.717) is 10.6 Å². The Balaban J connectivity index is 1.95. The number of carbonyl (C=O) groups excluding carboxylic acids is 2. The number of aromatic nitrogens is 2. The van der Waals surface area contributed by atoms with Crippen molar-refractivity contribution in [2.45, 2.75) is 25.7 Å². The van der Waals surface area contributed by atoms with E-state index >= 15 is 0 Å². The second kappa shape index (κ2) is 5.21. The normalized spacial score (nSPS) is 13.7. The number of H-pyrrole nitrogens is 2. The van der Waals surface area contributed by atoms with Crippen LogP contribution in [0.15, 0.2) is 11.0 Å². The lowest BCUT2D eigenvalue weighted by Gasteiger charge is -2.11. The smallest absolute Gasteiger partial charge is 0.323 e. The maximum absolute atomic E-state index is 12.1. The van der Waals surface area contributed by atoms with Crippen LogP contribution >= 0.6 is 11.3 Å². The van der Waals surface area contributed by atoms with Crippen LogP contribution in [0.2, 0.25) is 0 Å². The molecule has 0 radical (unpaired) electrons. The third-order valence-electron chi connectivity index (χ3n) is 3.49. The van der Waals surface area contributed by atoms with Crippen molar-refractivity contribution in [2.75, 3.05) is 5.32 Å². The van der Waals surface area contributed by atoms with Gasteiger partial charge in [0.25, 0.3) is 11.8 Å². The highest BCUT2D eigenvalue weighted by atomic mass is 32.1. The molecule has 2 aromatic heterocycles. The van der Waals surface area contributed by atoms with Crippen LogP contribution in [0, 0.1) is 0 Å². The second-order valence-corrected chi connectivity index (χ2v) is 6.00. The molecule has 0 atom stereocenters. The van der Waals surface area contributed by atoms with Gasteiger partial charge in [-0.05, 0) is 31.2 Å². The minimum atomic E-state index is -0.535. The molecule has 0 saturated heterocycles. The number of anilines is 1. The molecule has 5 N–H and O–H groups in total. The topological polar surface area (TPSA) is 121 Å². The van der Waals surface area contributed by atoms with Gasteiger partial charge in [0, 0.05) is 11.1 Å². The van der Waals surface area contributed by atoms with Gasteiger partial charge in [-0.25, -0.2) is 4.79 Å². The summed E-state index contributed by atoms with van der Waals surface area (Å²) in [4.78, 5) is 40.6. The van der Waals surface area contributed by atoms with Crippen LogP contribution in [-0.2, 0) is 12.8 Å². The largest absolute Gasteiger partial charge is 0.365 e. The number of rotatable bonds is 3. The number of hydrogen-bond acceptors (Lipinski definition) is 4. The van der Waals surface area contributed by atoms with Gasteiger partial charge in [0.05, 0.1) is 5.56 Å². The third kappa shape index (κ3) is 2.49. The Morgan fingerprint density at radius 2 is 2.05 bits per heavy atom. The maximum Gasteiger partial charge on any atom is 0.323 e. The van der Waals surface area contributed by atoms with E-state index in [4.69, 9.17) is 5.73 Å². The molecule has 0 unspecified atom stereocenters. The van der Waals surface area contributed by atoms with Crippen molar-refractivity contribution in [1.82, 2.24) is 9.97 Å². The summed E-state index contributed by atoms with van der Waals surface area (Å²) in [6, 6.07) is 0. The van der Waals surface area contributed by atoms with E-state index in [0.717, 1.165) is 36.1 Å². The fourth-order valence-electron chi connectivity index (χ4n) is 2.54. The van der Waals surface area contributed by atoms with Crippen molar-refractivity contribution < 1.29 is 9.59 Å². The van der Waals surface area contributed by atoms with Crippen LogP contribution in [0.3, 0.4) is 0 Å². The third-order valence-corrected chi connectivity index (χ3v) is 4.69. The molecule has 0 spiro atoms. The molecule has 0 bridgehead atoms. The Labute approximate surface area is 123 Å². The number of nitrogens with one attached hydrogen (secondary N) is 3. The van der Waals surface area contributed by atoms with Gasteiger partial charge >= 0.3 is 5.69 Å². The quantitative estimate of drug-likeness (QED) is 0.676. The summed E-state index contributed by atoms with van der Waals surface area (Å²) in [7, 11) is 0. The second-order valence-electron chi connectivity index (χ2n) is 4.89. The number of imidazole rings is 1. The van der Waals surface area contributed by atoms with Crippen LogP contribution in [0.4, 0.5) is 5.00 Å². The van der Waals surface area contributed by atoms with E-state index in [9.17, 15) is 14.4 Å². The minimum absolute atomic E-state index is 0.113. The van der Waals surface area contributed by atoms with Gasteiger partial charge in [0.15, 0.2) is 0 Å². The van der Waals surface area contributed by atoms with Crippen molar-refractivity contribution in [2.24, 2.45) is 5.73 Å². The zero-order chi connectivity index (χ0) is 15.0. The van der Waals surface area contributed by atoms with E-state index in [1.54, 1.807) is 0 Å². The molecular formula is C13H14N4O3S. The fraction of sp³-hybridized carbons (Fsp3) is 0.308. The average molecular weight is 306 g/mol. The molecule has 3 rings (SSSR count). The summed E-state index contributed by atoms with van der Waals surface area (Å²) in [5.74, 6) is -1.01. The molecule has 1 aliphatic rings. The number of primary amides is 1. The molecule has 110 valence electrons. The Bertz CT molecular complexity index is 771. The lowest BCUT2D eigenvalue weighted by Crippen LogP contribution is -2.19. The highest BCUT2D eigenvalue weighted by Crippen LogP contribution is 2.37. The Kier molecular flexibility index (Phi) is 3.38. The molecule has 2 aromatic rings. The minimum Gasteiger partial charge on any atom is -0.365 e. The molecule has 8 heteroatoms. The van der Waals surface area contributed by atoms with Gasteiger partial charge in [-0.3, -0.25) is 9.59 Å². The van der Waals surface area contributed by atoms with Crippen molar-refractivity contribution >= 4 is 28.2 Å². The lowest BCUT2D eigenvalue weighted by molar-refractivity contribution is 0.100. The van der Waals surface area contributed by atoms with Gasteiger partial charge in [-0.2, -0.15) is 0 Å². The molecule has 0 aromatic carbocycles. The molecular weight excluding hydrogens is 292 g/mol. The van der Waals surface area contributed by atoms with Crippen LogP contribution < -0.4 is 16.7 Å². The van der Waals surface area contributed by atoms with Crippen molar-refractivity contribution in [3.63, 3.8) is 0 Å².